The number of aliphatic carboxylic acids is 1. The van der Waals surface area contributed by atoms with Gasteiger partial charge in [0, 0.05) is 18.9 Å². The van der Waals surface area contributed by atoms with E-state index < -0.39 is 5.97 Å². The zero-order chi connectivity index (χ0) is 15.0. The van der Waals surface area contributed by atoms with Gasteiger partial charge in [-0.2, -0.15) is 0 Å². The Morgan fingerprint density at radius 2 is 1.90 bits per heavy atom. The molecule has 0 spiro atoms. The summed E-state index contributed by atoms with van der Waals surface area (Å²) in [6, 6.07) is 9.19. The normalized spacial score (nSPS) is 13.5. The van der Waals surface area contributed by atoms with Gasteiger partial charge < -0.3 is 15.7 Å². The van der Waals surface area contributed by atoms with E-state index in [1.807, 2.05) is 37.3 Å². The minimum absolute atomic E-state index is 0.0280. The lowest BCUT2D eigenvalue weighted by Gasteiger charge is -2.21. The van der Waals surface area contributed by atoms with Gasteiger partial charge >= 0.3 is 5.97 Å². The summed E-state index contributed by atoms with van der Waals surface area (Å²) >= 11 is 0. The Kier molecular flexibility index (Phi) is 6.73. The van der Waals surface area contributed by atoms with Crippen LogP contribution in [0.4, 0.5) is 0 Å². The smallest absolute Gasteiger partial charge is 0.303 e. The molecule has 3 N–H and O–H groups in total. The molecule has 1 aromatic carbocycles. The lowest BCUT2D eigenvalue weighted by Crippen LogP contribution is -2.36. The molecule has 2 unspecified atom stereocenters. The highest BCUT2D eigenvalue weighted by Gasteiger charge is 2.19. The molecular weight excluding hydrogens is 256 g/mol. The first-order chi connectivity index (χ1) is 9.54. The Bertz CT molecular complexity index is 434. The molecule has 2 atom stereocenters. The van der Waals surface area contributed by atoms with Crippen LogP contribution < -0.4 is 10.6 Å². The molecule has 0 aliphatic rings. The summed E-state index contributed by atoms with van der Waals surface area (Å²) < 4.78 is 0. The van der Waals surface area contributed by atoms with Crippen LogP contribution in [-0.4, -0.2) is 30.6 Å². The number of carbonyl (C=O) groups is 2. The third kappa shape index (κ3) is 5.40. The topological polar surface area (TPSA) is 78.4 Å². The van der Waals surface area contributed by atoms with Crippen molar-refractivity contribution in [2.75, 3.05) is 13.6 Å². The van der Waals surface area contributed by atoms with Crippen molar-refractivity contribution in [1.82, 2.24) is 10.6 Å². The largest absolute Gasteiger partial charge is 0.481 e. The van der Waals surface area contributed by atoms with Gasteiger partial charge in [-0.25, -0.2) is 0 Å². The minimum atomic E-state index is -0.858. The molecule has 0 saturated carbocycles. The van der Waals surface area contributed by atoms with Gasteiger partial charge in [-0.15, -0.1) is 0 Å². The lowest BCUT2D eigenvalue weighted by molar-refractivity contribution is -0.137. The highest BCUT2D eigenvalue weighted by molar-refractivity contribution is 5.79. The maximum atomic E-state index is 12.1. The molecule has 5 heteroatoms. The molecule has 5 nitrogen and oxygen atoms in total. The number of hydrogen-bond donors (Lipinski definition) is 3. The number of hydrogen-bond acceptors (Lipinski definition) is 3. The monoisotopic (exact) mass is 278 g/mol. The highest BCUT2D eigenvalue weighted by atomic mass is 16.4. The maximum absolute atomic E-state index is 12.1. The Balaban J connectivity index is 2.72. The Hall–Kier alpha value is -1.88. The molecule has 0 heterocycles. The predicted molar refractivity (Wildman–Crippen MR) is 77.3 cm³/mol. The summed E-state index contributed by atoms with van der Waals surface area (Å²) in [5.41, 5.74) is 0.929. The first-order valence-electron chi connectivity index (χ1n) is 6.76. The van der Waals surface area contributed by atoms with E-state index in [0.717, 1.165) is 5.56 Å². The number of carbonyl (C=O) groups excluding carboxylic acids is 1. The maximum Gasteiger partial charge on any atom is 0.303 e. The van der Waals surface area contributed by atoms with Crippen LogP contribution in [0.1, 0.15) is 31.4 Å². The van der Waals surface area contributed by atoms with Crippen molar-refractivity contribution in [3.8, 4) is 0 Å². The molecule has 0 aliphatic carbocycles. The standard InChI is InChI=1S/C15H22N2O3/c1-11(10-16-2)15(20)17-13(8-9-14(18)19)12-6-4-3-5-7-12/h3-7,11,13,16H,8-10H2,1-2H3,(H,17,20)(H,18,19). The summed E-state index contributed by atoms with van der Waals surface area (Å²) in [4.78, 5) is 22.8. The molecule has 20 heavy (non-hydrogen) atoms. The van der Waals surface area contributed by atoms with E-state index >= 15 is 0 Å². The Labute approximate surface area is 119 Å². The van der Waals surface area contributed by atoms with Crippen molar-refractivity contribution < 1.29 is 14.7 Å². The third-order valence-corrected chi connectivity index (χ3v) is 3.12. The molecule has 0 bridgehead atoms. The summed E-state index contributed by atoms with van der Waals surface area (Å²) in [5.74, 6) is -1.09. The van der Waals surface area contributed by atoms with E-state index in [2.05, 4.69) is 10.6 Å². The van der Waals surface area contributed by atoms with Crippen LogP contribution >= 0.6 is 0 Å². The molecule has 0 fully saturated rings. The van der Waals surface area contributed by atoms with Gasteiger partial charge in [-0.1, -0.05) is 37.3 Å². The van der Waals surface area contributed by atoms with E-state index in [1.54, 1.807) is 7.05 Å². The van der Waals surface area contributed by atoms with Crippen LogP contribution in [0.3, 0.4) is 0 Å². The molecule has 1 amide bonds. The van der Waals surface area contributed by atoms with Crippen molar-refractivity contribution in [3.63, 3.8) is 0 Å². The fourth-order valence-electron chi connectivity index (χ4n) is 1.99. The molecule has 1 aromatic rings. The predicted octanol–water partition coefficient (Wildman–Crippen LogP) is 1.56. The summed E-state index contributed by atoms with van der Waals surface area (Å²) in [6.07, 6.45) is 0.414. The van der Waals surface area contributed by atoms with Crippen LogP contribution in [0.2, 0.25) is 0 Å². The van der Waals surface area contributed by atoms with E-state index in [-0.39, 0.29) is 24.3 Å². The average molecular weight is 278 g/mol. The van der Waals surface area contributed by atoms with Crippen molar-refractivity contribution in [1.29, 1.82) is 0 Å². The van der Waals surface area contributed by atoms with Crippen LogP contribution in [0.25, 0.3) is 0 Å². The zero-order valence-electron chi connectivity index (χ0n) is 11.9. The van der Waals surface area contributed by atoms with E-state index in [4.69, 9.17) is 5.11 Å². The van der Waals surface area contributed by atoms with Crippen LogP contribution in [-0.2, 0) is 9.59 Å². The summed E-state index contributed by atoms with van der Waals surface area (Å²) in [6.45, 7) is 2.43. The molecular formula is C15H22N2O3. The third-order valence-electron chi connectivity index (χ3n) is 3.12. The van der Waals surface area contributed by atoms with Crippen molar-refractivity contribution in [2.45, 2.75) is 25.8 Å². The quantitative estimate of drug-likeness (QED) is 0.674. The van der Waals surface area contributed by atoms with Crippen LogP contribution in [0.15, 0.2) is 30.3 Å². The van der Waals surface area contributed by atoms with Gasteiger partial charge in [0.25, 0.3) is 0 Å². The van der Waals surface area contributed by atoms with Gasteiger partial charge in [-0.05, 0) is 19.0 Å². The first kappa shape index (κ1) is 16.2. The molecule has 110 valence electrons. The second-order valence-corrected chi connectivity index (χ2v) is 4.86. The molecule has 0 aliphatic heterocycles. The van der Waals surface area contributed by atoms with Gasteiger partial charge in [-0.3, -0.25) is 9.59 Å². The van der Waals surface area contributed by atoms with Crippen LogP contribution in [0, 0.1) is 5.92 Å². The molecule has 1 rings (SSSR count). The van der Waals surface area contributed by atoms with Crippen molar-refractivity contribution in [3.05, 3.63) is 35.9 Å². The number of carboxylic acid groups (broad SMARTS) is 1. The minimum Gasteiger partial charge on any atom is -0.481 e. The van der Waals surface area contributed by atoms with E-state index in [9.17, 15) is 9.59 Å². The van der Waals surface area contributed by atoms with E-state index in [0.29, 0.717) is 13.0 Å². The van der Waals surface area contributed by atoms with E-state index in [1.165, 1.54) is 0 Å². The fraction of sp³-hybridized carbons (Fsp3) is 0.467. The van der Waals surface area contributed by atoms with Gasteiger partial charge in [0.1, 0.15) is 0 Å². The second kappa shape index (κ2) is 8.32. The number of nitrogens with one attached hydrogen (secondary N) is 2. The van der Waals surface area contributed by atoms with Gasteiger partial charge in [0.15, 0.2) is 0 Å². The van der Waals surface area contributed by atoms with Gasteiger partial charge in [0.2, 0.25) is 5.91 Å². The number of amides is 1. The Morgan fingerprint density at radius 1 is 1.25 bits per heavy atom. The molecule has 0 aromatic heterocycles. The molecule has 0 saturated heterocycles. The number of carboxylic acids is 1. The fourth-order valence-corrected chi connectivity index (χ4v) is 1.99. The second-order valence-electron chi connectivity index (χ2n) is 4.86. The zero-order valence-corrected chi connectivity index (χ0v) is 11.9. The van der Waals surface area contributed by atoms with Crippen molar-refractivity contribution >= 4 is 11.9 Å². The Morgan fingerprint density at radius 3 is 2.45 bits per heavy atom. The number of rotatable bonds is 8. The lowest BCUT2D eigenvalue weighted by atomic mass is 10.0. The average Bonchev–Trinajstić information content (AvgIpc) is 2.44. The van der Waals surface area contributed by atoms with Crippen molar-refractivity contribution in [2.24, 2.45) is 5.92 Å². The highest BCUT2D eigenvalue weighted by Crippen LogP contribution is 2.18. The number of benzene rings is 1. The van der Waals surface area contributed by atoms with Gasteiger partial charge in [0.05, 0.1) is 6.04 Å². The molecule has 0 radical (unpaired) electrons. The summed E-state index contributed by atoms with van der Waals surface area (Å²) in [5, 5.41) is 14.7. The SMILES string of the molecule is CNCC(C)C(=O)NC(CCC(=O)O)c1ccccc1. The van der Waals surface area contributed by atoms with Crippen LogP contribution in [0.5, 0.6) is 0 Å². The first-order valence-corrected chi connectivity index (χ1v) is 6.76. The summed E-state index contributed by atoms with van der Waals surface area (Å²) in [7, 11) is 1.79.